The Hall–Kier alpha value is -3.48. The number of hydrogen-bond acceptors (Lipinski definition) is 5. The predicted octanol–water partition coefficient (Wildman–Crippen LogP) is 5.58. The van der Waals surface area contributed by atoms with Crippen molar-refractivity contribution in [1.29, 1.82) is 0 Å². The molecule has 2 heterocycles. The van der Waals surface area contributed by atoms with Gasteiger partial charge in [0.05, 0.1) is 0 Å². The number of nitrogens with one attached hydrogen (secondary N) is 1. The zero-order valence-electron chi connectivity index (χ0n) is 24.0. The van der Waals surface area contributed by atoms with Crippen molar-refractivity contribution >= 4 is 5.91 Å². The molecule has 1 aliphatic heterocycles. The second-order valence-corrected chi connectivity index (χ2v) is 11.2. The first kappa shape index (κ1) is 32.4. The lowest BCUT2D eigenvalue weighted by atomic mass is 9.90. The summed E-state index contributed by atoms with van der Waals surface area (Å²) in [5, 5.41) is 12.7. The molecule has 6 nitrogen and oxygen atoms in total. The molecule has 0 saturated carbocycles. The van der Waals surface area contributed by atoms with Gasteiger partial charge in [-0.3, -0.25) is 19.6 Å². The van der Waals surface area contributed by atoms with Gasteiger partial charge < -0.3 is 10.4 Å². The van der Waals surface area contributed by atoms with Crippen LogP contribution in [-0.2, 0) is 23.5 Å². The van der Waals surface area contributed by atoms with Crippen LogP contribution < -0.4 is 5.32 Å². The fraction of sp³-hybridized carbons (Fsp3) is 0.419. The first-order valence-corrected chi connectivity index (χ1v) is 13.8. The Morgan fingerprint density at radius 1 is 0.930 bits per heavy atom. The number of hydrogen-bond donors (Lipinski definition) is 2. The van der Waals surface area contributed by atoms with Gasteiger partial charge in [-0.05, 0) is 60.7 Å². The van der Waals surface area contributed by atoms with E-state index in [4.69, 9.17) is 0 Å². The summed E-state index contributed by atoms with van der Waals surface area (Å²) >= 11 is 0. The maximum absolute atomic E-state index is 13.3. The molecule has 0 radical (unpaired) electrons. The molecule has 2 aromatic carbocycles. The van der Waals surface area contributed by atoms with Gasteiger partial charge in [-0.1, -0.05) is 42.5 Å². The monoisotopic (exact) mass is 608 g/mol. The van der Waals surface area contributed by atoms with Crippen LogP contribution in [0.25, 0.3) is 11.1 Å². The van der Waals surface area contributed by atoms with Gasteiger partial charge in [0.1, 0.15) is 6.04 Å². The molecule has 0 bridgehead atoms. The highest BCUT2D eigenvalue weighted by Crippen LogP contribution is 2.50. The number of aliphatic hydroxyl groups is 1. The van der Waals surface area contributed by atoms with Crippen LogP contribution in [0.1, 0.15) is 36.1 Å². The number of carbonyl (C=O) groups excluding carboxylic acids is 1. The van der Waals surface area contributed by atoms with E-state index >= 15 is 0 Å². The molecule has 1 atom stereocenters. The van der Waals surface area contributed by atoms with Crippen molar-refractivity contribution in [2.75, 3.05) is 19.6 Å². The topological polar surface area (TPSA) is 68.7 Å². The van der Waals surface area contributed by atoms with Gasteiger partial charge >= 0.3 is 12.4 Å². The summed E-state index contributed by atoms with van der Waals surface area (Å²) in [5.41, 5.74) is -2.49. The highest BCUT2D eigenvalue weighted by molar-refractivity contribution is 5.82. The van der Waals surface area contributed by atoms with Gasteiger partial charge in [0, 0.05) is 56.7 Å². The fourth-order valence-corrected chi connectivity index (χ4v) is 5.35. The van der Waals surface area contributed by atoms with E-state index in [1.165, 1.54) is 0 Å². The first-order valence-electron chi connectivity index (χ1n) is 13.8. The molecule has 0 aliphatic carbocycles. The molecule has 1 aliphatic rings. The molecule has 1 saturated heterocycles. The van der Waals surface area contributed by atoms with Crippen LogP contribution in [0.3, 0.4) is 0 Å². The van der Waals surface area contributed by atoms with Crippen LogP contribution in [0.5, 0.6) is 0 Å². The van der Waals surface area contributed by atoms with E-state index in [9.17, 15) is 36.2 Å². The van der Waals surface area contributed by atoms with E-state index in [2.05, 4.69) is 20.1 Å². The first-order chi connectivity index (χ1) is 20.1. The average molecular weight is 609 g/mol. The summed E-state index contributed by atoms with van der Waals surface area (Å²) in [6.07, 6.45) is -8.42. The maximum Gasteiger partial charge on any atom is 0.430 e. The number of alkyl halides is 6. The van der Waals surface area contributed by atoms with Gasteiger partial charge in [-0.2, -0.15) is 26.3 Å². The molecule has 2 N–H and O–H groups in total. The molecule has 3 aromatic rings. The van der Waals surface area contributed by atoms with E-state index in [1.54, 1.807) is 25.4 Å². The van der Waals surface area contributed by atoms with Crippen molar-refractivity contribution in [1.82, 2.24) is 20.1 Å². The third-order valence-corrected chi connectivity index (χ3v) is 7.58. The highest BCUT2D eigenvalue weighted by atomic mass is 19.4. The second-order valence-electron chi connectivity index (χ2n) is 11.2. The fourth-order valence-electron chi connectivity index (χ4n) is 5.35. The molecule has 1 unspecified atom stereocenters. The molecule has 43 heavy (non-hydrogen) atoms. The predicted molar refractivity (Wildman–Crippen MR) is 150 cm³/mol. The summed E-state index contributed by atoms with van der Waals surface area (Å²) in [4.78, 5) is 21.6. The van der Waals surface area contributed by atoms with E-state index in [1.807, 2.05) is 38.1 Å². The molecule has 12 heteroatoms. The molecule has 4 rings (SSSR count). The second kappa shape index (κ2) is 12.6. The lowest BCUT2D eigenvalue weighted by Gasteiger charge is -2.41. The molecule has 0 spiro atoms. The third kappa shape index (κ3) is 7.19. The number of benzene rings is 2. The standard InChI is InChI=1S/C31H34F6N4O2/c1-20(2)39-28(42)27-19-40(17-22-10-12-38-13-11-22)14-15-41(27)18-23-4-9-26(21(3)16-23)24-5-7-25(8-6-24)29(43,30(32,33)34)31(35,36)37/h4-13,16,20,27,43H,14-15,17-19H2,1-3H3,(H,39,42). The minimum absolute atomic E-state index is 0.0268. The summed E-state index contributed by atoms with van der Waals surface area (Å²) < 4.78 is 79.6. The van der Waals surface area contributed by atoms with Crippen LogP contribution >= 0.6 is 0 Å². The summed E-state index contributed by atoms with van der Waals surface area (Å²) in [7, 11) is 0. The van der Waals surface area contributed by atoms with Gasteiger partial charge in [-0.15, -0.1) is 0 Å². The van der Waals surface area contributed by atoms with E-state index in [-0.39, 0.29) is 11.9 Å². The largest absolute Gasteiger partial charge is 0.430 e. The van der Waals surface area contributed by atoms with Gasteiger partial charge in [0.15, 0.2) is 0 Å². The number of rotatable bonds is 8. The molecule has 1 amide bonds. The Kier molecular flexibility index (Phi) is 9.53. The Morgan fingerprint density at radius 3 is 2.12 bits per heavy atom. The average Bonchev–Trinajstić information content (AvgIpc) is 2.92. The van der Waals surface area contributed by atoms with Gasteiger partial charge in [0.25, 0.3) is 5.60 Å². The lowest BCUT2D eigenvalue weighted by Crippen LogP contribution is -2.59. The lowest BCUT2D eigenvalue weighted by molar-refractivity contribution is -0.376. The van der Waals surface area contributed by atoms with Crippen LogP contribution in [0.2, 0.25) is 0 Å². The SMILES string of the molecule is Cc1cc(CN2CCN(Cc3ccncc3)CC2C(=O)NC(C)C)ccc1-c1ccc(C(O)(C(F)(F)F)C(F)(F)F)cc1. The number of nitrogens with zero attached hydrogens (tertiary/aromatic N) is 3. The quantitative estimate of drug-likeness (QED) is 0.327. The number of carbonyl (C=O) groups is 1. The van der Waals surface area contributed by atoms with Crippen LogP contribution in [0.15, 0.2) is 67.0 Å². The number of halogens is 6. The summed E-state index contributed by atoms with van der Waals surface area (Å²) in [6.45, 7) is 8.70. The molecule has 232 valence electrons. The number of aromatic nitrogens is 1. The summed E-state index contributed by atoms with van der Waals surface area (Å²) in [5.74, 6) is -0.0690. The van der Waals surface area contributed by atoms with E-state index in [0.29, 0.717) is 49.4 Å². The zero-order chi connectivity index (χ0) is 31.6. The van der Waals surface area contributed by atoms with Crippen LogP contribution in [0, 0.1) is 6.92 Å². The molecular weight excluding hydrogens is 574 g/mol. The minimum atomic E-state index is -5.95. The molecule has 1 fully saturated rings. The minimum Gasteiger partial charge on any atom is -0.369 e. The zero-order valence-corrected chi connectivity index (χ0v) is 24.0. The Morgan fingerprint density at radius 2 is 1.56 bits per heavy atom. The smallest absolute Gasteiger partial charge is 0.369 e. The number of piperazine rings is 1. The van der Waals surface area contributed by atoms with Crippen molar-refractivity contribution < 1.29 is 36.2 Å². The Bertz CT molecular complexity index is 1380. The summed E-state index contributed by atoms with van der Waals surface area (Å²) in [6, 6.07) is 12.5. The van der Waals surface area contributed by atoms with Crippen LogP contribution in [0.4, 0.5) is 26.3 Å². The number of amides is 1. The van der Waals surface area contributed by atoms with Crippen molar-refractivity contribution in [3.05, 3.63) is 89.2 Å². The van der Waals surface area contributed by atoms with Gasteiger partial charge in [-0.25, -0.2) is 0 Å². The maximum atomic E-state index is 13.3. The third-order valence-electron chi connectivity index (χ3n) is 7.58. The van der Waals surface area contributed by atoms with Crippen molar-refractivity contribution in [2.45, 2.75) is 63.9 Å². The van der Waals surface area contributed by atoms with Crippen molar-refractivity contribution in [3.63, 3.8) is 0 Å². The van der Waals surface area contributed by atoms with E-state index in [0.717, 1.165) is 35.4 Å². The molecular formula is C31H34F6N4O2. The molecule has 1 aromatic heterocycles. The van der Waals surface area contributed by atoms with Crippen LogP contribution in [-0.4, -0.2) is 69.9 Å². The number of aryl methyl sites for hydroxylation is 1. The Balaban J connectivity index is 1.52. The van der Waals surface area contributed by atoms with Crippen molar-refractivity contribution in [2.24, 2.45) is 0 Å². The highest BCUT2D eigenvalue weighted by Gasteiger charge is 2.71. The van der Waals surface area contributed by atoms with Crippen molar-refractivity contribution in [3.8, 4) is 11.1 Å². The van der Waals surface area contributed by atoms with E-state index < -0.39 is 29.6 Å². The number of pyridine rings is 1. The van der Waals surface area contributed by atoms with Gasteiger partial charge in [0.2, 0.25) is 5.91 Å². The Labute approximate surface area is 246 Å². The normalized spacial score (nSPS) is 17.3.